The molecule has 1 saturated heterocycles. The van der Waals surface area contributed by atoms with Gasteiger partial charge in [-0.2, -0.15) is 0 Å². The van der Waals surface area contributed by atoms with Gasteiger partial charge in [-0.1, -0.05) is 0 Å². The number of amides is 1. The van der Waals surface area contributed by atoms with E-state index in [0.717, 1.165) is 25.9 Å². The molecule has 16 heavy (non-hydrogen) atoms. The molecule has 2 fully saturated rings. The van der Waals surface area contributed by atoms with E-state index in [2.05, 4.69) is 5.32 Å². The van der Waals surface area contributed by atoms with Gasteiger partial charge in [-0.3, -0.25) is 4.79 Å². The van der Waals surface area contributed by atoms with Gasteiger partial charge in [-0.05, 0) is 38.0 Å². The normalized spacial score (nSPS) is 26.7. The summed E-state index contributed by atoms with van der Waals surface area (Å²) in [5.41, 5.74) is 0. The van der Waals surface area contributed by atoms with E-state index in [1.54, 1.807) is 0 Å². The van der Waals surface area contributed by atoms with Crippen LogP contribution in [0.1, 0.15) is 38.5 Å². The van der Waals surface area contributed by atoms with Crippen molar-refractivity contribution in [3.8, 4) is 0 Å². The minimum atomic E-state index is 0.113. The summed E-state index contributed by atoms with van der Waals surface area (Å²) in [4.78, 5) is 11.5. The van der Waals surface area contributed by atoms with Gasteiger partial charge in [0, 0.05) is 19.6 Å². The lowest BCUT2D eigenvalue weighted by Crippen LogP contribution is -2.31. The quantitative estimate of drug-likeness (QED) is 0.728. The van der Waals surface area contributed by atoms with E-state index in [1.807, 2.05) is 0 Å². The predicted octanol–water partition coefficient (Wildman–Crippen LogP) is 2.08. The van der Waals surface area contributed by atoms with Crippen LogP contribution in [0.2, 0.25) is 0 Å². The molecule has 0 aromatic carbocycles. The summed E-state index contributed by atoms with van der Waals surface area (Å²) in [6.07, 6.45) is 6.41. The van der Waals surface area contributed by atoms with Gasteiger partial charge in [-0.15, -0.1) is 11.6 Å². The minimum Gasteiger partial charge on any atom is -0.378 e. The van der Waals surface area contributed by atoms with Crippen molar-refractivity contribution in [2.24, 2.45) is 5.92 Å². The van der Waals surface area contributed by atoms with Gasteiger partial charge in [0.05, 0.1) is 11.5 Å². The van der Waals surface area contributed by atoms with Crippen LogP contribution in [-0.4, -0.2) is 30.5 Å². The summed E-state index contributed by atoms with van der Waals surface area (Å²) in [6.45, 7) is 1.48. The molecule has 1 amide bonds. The van der Waals surface area contributed by atoms with Crippen molar-refractivity contribution in [2.75, 3.05) is 13.2 Å². The molecule has 1 heterocycles. The number of hydrogen-bond donors (Lipinski definition) is 1. The Bertz CT molecular complexity index is 229. The lowest BCUT2D eigenvalue weighted by Gasteiger charge is -2.11. The molecule has 2 unspecified atom stereocenters. The molecule has 0 aromatic rings. The standard InChI is InChI=1S/C12H20ClNO2/c13-11(9-3-4-9)8-14-12(15)6-5-10-2-1-7-16-10/h9-11H,1-8H2,(H,14,15). The summed E-state index contributed by atoms with van der Waals surface area (Å²) in [5, 5.41) is 3.03. The summed E-state index contributed by atoms with van der Waals surface area (Å²) < 4.78 is 5.47. The van der Waals surface area contributed by atoms with Gasteiger partial charge in [0.1, 0.15) is 0 Å². The highest BCUT2D eigenvalue weighted by Gasteiger charge is 2.29. The fraction of sp³-hybridized carbons (Fsp3) is 0.917. The minimum absolute atomic E-state index is 0.113. The van der Waals surface area contributed by atoms with Gasteiger partial charge >= 0.3 is 0 Å². The maximum Gasteiger partial charge on any atom is 0.220 e. The zero-order chi connectivity index (χ0) is 11.4. The molecule has 0 bridgehead atoms. The predicted molar refractivity (Wildman–Crippen MR) is 63.6 cm³/mol. The molecule has 0 spiro atoms. The van der Waals surface area contributed by atoms with Crippen LogP contribution in [0.15, 0.2) is 0 Å². The molecule has 1 aliphatic carbocycles. The maximum absolute atomic E-state index is 11.5. The fourth-order valence-electron chi connectivity index (χ4n) is 2.09. The number of carbonyl (C=O) groups excluding carboxylic acids is 1. The molecule has 0 aromatic heterocycles. The van der Waals surface area contributed by atoms with E-state index in [1.165, 1.54) is 12.8 Å². The average Bonchev–Trinajstić information content (AvgIpc) is 3.01. The Morgan fingerprint density at radius 1 is 1.44 bits per heavy atom. The number of alkyl halides is 1. The van der Waals surface area contributed by atoms with E-state index >= 15 is 0 Å². The molecule has 1 N–H and O–H groups in total. The zero-order valence-electron chi connectivity index (χ0n) is 9.58. The molecule has 4 heteroatoms. The largest absolute Gasteiger partial charge is 0.378 e. The first-order valence-electron chi connectivity index (χ1n) is 6.28. The second-order valence-corrected chi connectivity index (χ2v) is 5.39. The van der Waals surface area contributed by atoms with Crippen molar-refractivity contribution in [2.45, 2.75) is 50.0 Å². The average molecular weight is 246 g/mol. The Hall–Kier alpha value is -0.280. The molecular weight excluding hydrogens is 226 g/mol. The lowest BCUT2D eigenvalue weighted by atomic mass is 10.1. The number of nitrogens with one attached hydrogen (secondary N) is 1. The van der Waals surface area contributed by atoms with Crippen molar-refractivity contribution >= 4 is 17.5 Å². The molecule has 2 rings (SSSR count). The SMILES string of the molecule is O=C(CCC1CCCO1)NCC(Cl)C1CC1. The molecule has 2 atom stereocenters. The summed E-state index contributed by atoms with van der Waals surface area (Å²) in [7, 11) is 0. The van der Waals surface area contributed by atoms with Crippen LogP contribution in [-0.2, 0) is 9.53 Å². The zero-order valence-corrected chi connectivity index (χ0v) is 10.3. The highest BCUT2D eigenvalue weighted by atomic mass is 35.5. The van der Waals surface area contributed by atoms with Crippen LogP contribution in [0.5, 0.6) is 0 Å². The maximum atomic E-state index is 11.5. The first-order chi connectivity index (χ1) is 7.75. The third-order valence-electron chi connectivity index (χ3n) is 3.35. The number of rotatable bonds is 6. The van der Waals surface area contributed by atoms with E-state index in [0.29, 0.717) is 25.0 Å². The second-order valence-electron chi connectivity index (χ2n) is 4.83. The number of ether oxygens (including phenoxy) is 1. The molecule has 2 aliphatic rings. The first kappa shape index (κ1) is 12.2. The van der Waals surface area contributed by atoms with Crippen LogP contribution in [0, 0.1) is 5.92 Å². The number of carbonyl (C=O) groups is 1. The molecular formula is C12H20ClNO2. The van der Waals surface area contributed by atoms with E-state index < -0.39 is 0 Å². The third kappa shape index (κ3) is 3.95. The Morgan fingerprint density at radius 2 is 2.25 bits per heavy atom. The van der Waals surface area contributed by atoms with Crippen molar-refractivity contribution in [3.05, 3.63) is 0 Å². The van der Waals surface area contributed by atoms with Crippen molar-refractivity contribution in [3.63, 3.8) is 0 Å². The number of halogens is 1. The highest BCUT2D eigenvalue weighted by Crippen LogP contribution is 2.35. The smallest absolute Gasteiger partial charge is 0.220 e. The summed E-state index contributed by atoms with van der Waals surface area (Å²) in [6, 6.07) is 0. The number of hydrogen-bond acceptors (Lipinski definition) is 2. The Balaban J connectivity index is 1.53. The van der Waals surface area contributed by atoms with Crippen LogP contribution in [0.25, 0.3) is 0 Å². The summed E-state index contributed by atoms with van der Waals surface area (Å²) in [5.74, 6) is 0.752. The van der Waals surface area contributed by atoms with Crippen LogP contribution < -0.4 is 5.32 Å². The molecule has 3 nitrogen and oxygen atoms in total. The van der Waals surface area contributed by atoms with Crippen molar-refractivity contribution < 1.29 is 9.53 Å². The molecule has 1 aliphatic heterocycles. The van der Waals surface area contributed by atoms with Crippen LogP contribution in [0.4, 0.5) is 0 Å². The van der Waals surface area contributed by atoms with Gasteiger partial charge in [0.15, 0.2) is 0 Å². The van der Waals surface area contributed by atoms with Crippen molar-refractivity contribution in [1.29, 1.82) is 0 Å². The summed E-state index contributed by atoms with van der Waals surface area (Å²) >= 11 is 6.11. The topological polar surface area (TPSA) is 38.3 Å². The first-order valence-corrected chi connectivity index (χ1v) is 6.71. The van der Waals surface area contributed by atoms with Crippen LogP contribution >= 0.6 is 11.6 Å². The second kappa shape index (κ2) is 5.87. The molecule has 1 saturated carbocycles. The molecule has 0 radical (unpaired) electrons. The van der Waals surface area contributed by atoms with Crippen LogP contribution in [0.3, 0.4) is 0 Å². The molecule has 92 valence electrons. The van der Waals surface area contributed by atoms with E-state index in [-0.39, 0.29) is 11.3 Å². The highest BCUT2D eigenvalue weighted by molar-refractivity contribution is 6.21. The van der Waals surface area contributed by atoms with Gasteiger partial charge in [0.25, 0.3) is 0 Å². The third-order valence-corrected chi connectivity index (χ3v) is 3.86. The van der Waals surface area contributed by atoms with Gasteiger partial charge in [0.2, 0.25) is 5.91 Å². The Morgan fingerprint density at radius 3 is 2.88 bits per heavy atom. The monoisotopic (exact) mass is 245 g/mol. The van der Waals surface area contributed by atoms with Gasteiger partial charge < -0.3 is 10.1 Å². The Kier molecular flexibility index (Phi) is 4.47. The Labute approximate surface area is 102 Å². The van der Waals surface area contributed by atoms with E-state index in [4.69, 9.17) is 16.3 Å². The van der Waals surface area contributed by atoms with E-state index in [9.17, 15) is 4.79 Å². The lowest BCUT2D eigenvalue weighted by molar-refractivity contribution is -0.121. The van der Waals surface area contributed by atoms with Gasteiger partial charge in [-0.25, -0.2) is 0 Å². The fourth-order valence-corrected chi connectivity index (χ4v) is 2.42. The van der Waals surface area contributed by atoms with Crippen molar-refractivity contribution in [1.82, 2.24) is 5.32 Å².